The molecule has 9 heteroatoms. The van der Waals surface area contributed by atoms with Gasteiger partial charge in [0, 0.05) is 38.7 Å². The smallest absolute Gasteiger partial charge is 0.275 e. The Hall–Kier alpha value is -2.49. The first-order valence-corrected chi connectivity index (χ1v) is 12.0. The van der Waals surface area contributed by atoms with Gasteiger partial charge in [-0.15, -0.1) is 11.3 Å². The Morgan fingerprint density at radius 2 is 2.09 bits per heavy atom. The van der Waals surface area contributed by atoms with Gasteiger partial charge < -0.3 is 25.0 Å². The molecule has 2 heterocycles. The first-order valence-electron chi connectivity index (χ1n) is 11.1. The highest BCUT2D eigenvalue weighted by molar-refractivity contribution is 7.14. The molecule has 1 aromatic carbocycles. The molecule has 1 fully saturated rings. The maximum absolute atomic E-state index is 12.9. The lowest BCUT2D eigenvalue weighted by Gasteiger charge is -2.14. The SMILES string of the molecule is CCCNC(=O)c1cc(COCCC)ccc1NC(=O)c1csc(N2CC[C@H](OC)C2)n1. The van der Waals surface area contributed by atoms with Crippen LogP contribution >= 0.6 is 11.3 Å². The zero-order valence-electron chi connectivity index (χ0n) is 19.0. The molecule has 2 amide bonds. The molecule has 1 aliphatic rings. The zero-order valence-corrected chi connectivity index (χ0v) is 19.8. The minimum atomic E-state index is -0.338. The molecule has 8 nitrogen and oxygen atoms in total. The van der Waals surface area contributed by atoms with Crippen LogP contribution in [0, 0.1) is 0 Å². The van der Waals surface area contributed by atoms with Gasteiger partial charge in [0.15, 0.2) is 5.13 Å². The number of aromatic nitrogens is 1. The molecule has 2 N–H and O–H groups in total. The monoisotopic (exact) mass is 460 g/mol. The lowest BCUT2D eigenvalue weighted by Crippen LogP contribution is -2.26. The second-order valence-corrected chi connectivity index (χ2v) is 8.59. The van der Waals surface area contributed by atoms with Crippen molar-refractivity contribution < 1.29 is 19.1 Å². The van der Waals surface area contributed by atoms with Gasteiger partial charge in [-0.05, 0) is 37.0 Å². The number of nitrogens with one attached hydrogen (secondary N) is 2. The van der Waals surface area contributed by atoms with Gasteiger partial charge in [-0.2, -0.15) is 0 Å². The van der Waals surface area contributed by atoms with Gasteiger partial charge in [0.05, 0.1) is 24.0 Å². The quantitative estimate of drug-likeness (QED) is 0.497. The van der Waals surface area contributed by atoms with Crippen LogP contribution in [0.25, 0.3) is 0 Å². The fourth-order valence-electron chi connectivity index (χ4n) is 3.44. The first-order chi connectivity index (χ1) is 15.5. The third-order valence-corrected chi connectivity index (χ3v) is 6.10. The van der Waals surface area contributed by atoms with Crippen LogP contribution in [0.4, 0.5) is 10.8 Å². The summed E-state index contributed by atoms with van der Waals surface area (Å²) in [4.78, 5) is 32.2. The van der Waals surface area contributed by atoms with Crippen LogP contribution in [-0.4, -0.2) is 56.3 Å². The highest BCUT2D eigenvalue weighted by Gasteiger charge is 2.25. The average molecular weight is 461 g/mol. The number of anilines is 2. The zero-order chi connectivity index (χ0) is 22.9. The summed E-state index contributed by atoms with van der Waals surface area (Å²) in [5.41, 5.74) is 2.09. The third-order valence-electron chi connectivity index (χ3n) is 5.20. The van der Waals surface area contributed by atoms with Crippen molar-refractivity contribution in [2.24, 2.45) is 0 Å². The maximum atomic E-state index is 12.9. The number of methoxy groups -OCH3 is 1. The van der Waals surface area contributed by atoms with Crippen LogP contribution in [0.1, 0.15) is 59.5 Å². The van der Waals surface area contributed by atoms with E-state index in [1.807, 2.05) is 19.9 Å². The van der Waals surface area contributed by atoms with Crippen molar-refractivity contribution in [1.29, 1.82) is 0 Å². The molecular formula is C23H32N4O4S. The van der Waals surface area contributed by atoms with E-state index in [0.29, 0.717) is 36.7 Å². The number of thiazole rings is 1. The van der Waals surface area contributed by atoms with Crippen molar-refractivity contribution in [3.63, 3.8) is 0 Å². The van der Waals surface area contributed by atoms with Gasteiger partial charge in [0.25, 0.3) is 11.8 Å². The molecule has 0 aliphatic carbocycles. The van der Waals surface area contributed by atoms with E-state index in [1.165, 1.54) is 11.3 Å². The summed E-state index contributed by atoms with van der Waals surface area (Å²) in [6.45, 7) is 7.31. The van der Waals surface area contributed by atoms with E-state index in [-0.39, 0.29) is 17.9 Å². The van der Waals surface area contributed by atoms with Crippen LogP contribution in [0.3, 0.4) is 0 Å². The number of benzene rings is 1. The number of carbonyl (C=O) groups excluding carboxylic acids is 2. The average Bonchev–Trinajstić information content (AvgIpc) is 3.48. The number of carbonyl (C=O) groups is 2. The van der Waals surface area contributed by atoms with Crippen molar-refractivity contribution in [1.82, 2.24) is 10.3 Å². The van der Waals surface area contributed by atoms with E-state index in [9.17, 15) is 9.59 Å². The molecule has 0 saturated carbocycles. The standard InChI is InChI=1S/C23H32N4O4S/c1-4-9-24-21(28)18-12-16(14-31-11-5-2)6-7-19(18)25-22(29)20-15-32-23(26-20)27-10-8-17(13-27)30-3/h6-7,12,15,17H,4-5,8-11,13-14H2,1-3H3,(H,24,28)(H,25,29)/t17-/m0/s1. The van der Waals surface area contributed by atoms with Gasteiger partial charge in [-0.25, -0.2) is 4.98 Å². The first kappa shape index (κ1) is 24.2. The molecule has 174 valence electrons. The van der Waals surface area contributed by atoms with E-state index in [2.05, 4.69) is 20.5 Å². The van der Waals surface area contributed by atoms with E-state index in [1.54, 1.807) is 24.6 Å². The minimum Gasteiger partial charge on any atom is -0.380 e. The Kier molecular flexibility index (Phi) is 9.01. The Balaban J connectivity index is 1.73. The van der Waals surface area contributed by atoms with Crippen LogP contribution in [-0.2, 0) is 16.1 Å². The molecule has 1 aliphatic heterocycles. The van der Waals surface area contributed by atoms with Crippen LogP contribution in [0.5, 0.6) is 0 Å². The minimum absolute atomic E-state index is 0.195. The Morgan fingerprint density at radius 3 is 2.81 bits per heavy atom. The summed E-state index contributed by atoms with van der Waals surface area (Å²) < 4.78 is 11.0. The molecule has 0 unspecified atom stereocenters. The molecule has 0 spiro atoms. The highest BCUT2D eigenvalue weighted by atomic mass is 32.1. The second kappa shape index (κ2) is 11.9. The molecule has 1 saturated heterocycles. The summed E-state index contributed by atoms with van der Waals surface area (Å²) in [5.74, 6) is -0.560. The predicted octanol–water partition coefficient (Wildman–Crippen LogP) is 3.69. The van der Waals surface area contributed by atoms with Crippen molar-refractivity contribution in [2.75, 3.05) is 43.6 Å². The Bertz CT molecular complexity index is 917. The number of rotatable bonds is 11. The molecule has 2 aromatic rings. The van der Waals surface area contributed by atoms with Gasteiger partial charge in [0.2, 0.25) is 0 Å². The van der Waals surface area contributed by atoms with Crippen molar-refractivity contribution in [2.45, 2.75) is 45.8 Å². The van der Waals surface area contributed by atoms with E-state index < -0.39 is 0 Å². The third kappa shape index (κ3) is 6.27. The normalized spacial score (nSPS) is 15.7. The molecule has 0 bridgehead atoms. The summed E-state index contributed by atoms with van der Waals surface area (Å²) >= 11 is 1.44. The van der Waals surface area contributed by atoms with Gasteiger partial charge in [-0.3, -0.25) is 9.59 Å². The summed E-state index contributed by atoms with van der Waals surface area (Å²) in [7, 11) is 1.71. The highest BCUT2D eigenvalue weighted by Crippen LogP contribution is 2.26. The van der Waals surface area contributed by atoms with Crippen molar-refractivity contribution >= 4 is 34.0 Å². The van der Waals surface area contributed by atoms with Crippen molar-refractivity contribution in [3.8, 4) is 0 Å². The number of hydrogen-bond acceptors (Lipinski definition) is 7. The van der Waals surface area contributed by atoms with Gasteiger partial charge in [-0.1, -0.05) is 19.9 Å². The van der Waals surface area contributed by atoms with Crippen LogP contribution < -0.4 is 15.5 Å². The largest absolute Gasteiger partial charge is 0.380 e. The second-order valence-electron chi connectivity index (χ2n) is 7.75. The fourth-order valence-corrected chi connectivity index (χ4v) is 4.28. The van der Waals surface area contributed by atoms with Crippen LogP contribution in [0.2, 0.25) is 0 Å². The lowest BCUT2D eigenvalue weighted by molar-refractivity contribution is 0.0953. The number of hydrogen-bond donors (Lipinski definition) is 2. The Labute approximate surface area is 193 Å². The van der Waals surface area contributed by atoms with E-state index >= 15 is 0 Å². The molecule has 1 atom stereocenters. The number of amides is 2. The van der Waals surface area contributed by atoms with E-state index in [0.717, 1.165) is 43.0 Å². The predicted molar refractivity (Wildman–Crippen MR) is 127 cm³/mol. The van der Waals surface area contributed by atoms with Crippen LogP contribution in [0.15, 0.2) is 23.6 Å². The van der Waals surface area contributed by atoms with Gasteiger partial charge >= 0.3 is 0 Å². The molecular weight excluding hydrogens is 428 g/mol. The number of ether oxygens (including phenoxy) is 2. The lowest BCUT2D eigenvalue weighted by atomic mass is 10.1. The van der Waals surface area contributed by atoms with Crippen molar-refractivity contribution in [3.05, 3.63) is 40.4 Å². The molecule has 3 rings (SSSR count). The topological polar surface area (TPSA) is 92.8 Å². The van der Waals surface area contributed by atoms with Gasteiger partial charge in [0.1, 0.15) is 5.69 Å². The Morgan fingerprint density at radius 1 is 1.25 bits per heavy atom. The summed E-state index contributed by atoms with van der Waals surface area (Å²) in [6.07, 6.45) is 2.90. The fraction of sp³-hybridized carbons (Fsp3) is 0.522. The number of nitrogens with zero attached hydrogens (tertiary/aromatic N) is 2. The summed E-state index contributed by atoms with van der Waals surface area (Å²) in [6, 6.07) is 5.39. The molecule has 1 aromatic heterocycles. The molecule has 32 heavy (non-hydrogen) atoms. The maximum Gasteiger partial charge on any atom is 0.275 e. The summed E-state index contributed by atoms with van der Waals surface area (Å²) in [5, 5.41) is 8.30. The molecule has 0 radical (unpaired) electrons. The van der Waals surface area contributed by atoms with E-state index in [4.69, 9.17) is 9.47 Å².